The summed E-state index contributed by atoms with van der Waals surface area (Å²) in [6.45, 7) is -0.0425. The molecule has 0 aliphatic carbocycles. The molecule has 2 aromatic heterocycles. The smallest absolute Gasteiger partial charge is 0.332 e. The highest BCUT2D eigenvalue weighted by molar-refractivity contribution is 5.77. The molecule has 0 bridgehead atoms. The third kappa shape index (κ3) is 2.91. The van der Waals surface area contributed by atoms with E-state index in [2.05, 4.69) is 10.3 Å². The number of anilines is 1. The average molecular weight is 343 g/mol. The fraction of sp³-hybridized carbons (Fsp3) is 0.250. The molecule has 0 unspecified atom stereocenters. The van der Waals surface area contributed by atoms with Crippen LogP contribution in [-0.4, -0.2) is 36.3 Å². The number of rotatable bonds is 5. The lowest BCUT2D eigenvalue weighted by molar-refractivity contribution is -0.134. The molecule has 0 atom stereocenters. The lowest BCUT2D eigenvalue weighted by Crippen LogP contribution is -2.37. The molecule has 3 aromatic rings. The van der Waals surface area contributed by atoms with Crippen molar-refractivity contribution < 1.29 is 9.90 Å². The van der Waals surface area contributed by atoms with Crippen molar-refractivity contribution in [3.8, 4) is 0 Å². The Morgan fingerprint density at radius 1 is 1.16 bits per heavy atom. The van der Waals surface area contributed by atoms with Crippen LogP contribution in [0.25, 0.3) is 11.2 Å². The quantitative estimate of drug-likeness (QED) is 0.673. The summed E-state index contributed by atoms with van der Waals surface area (Å²) in [5.41, 5.74) is 0.380. The molecule has 0 fully saturated rings. The molecule has 0 spiro atoms. The number of carbonyl (C=O) groups is 1. The van der Waals surface area contributed by atoms with E-state index in [9.17, 15) is 14.4 Å². The standard InChI is InChI=1S/C16H17N5O4/c1-19-13-12(14(24)20(2)16(19)25)21(9-10-6-4-3-5-7-10)15(18-13)17-8-11(22)23/h3-7H,8-9H2,1-2H3,(H,17,18)(H,22,23). The number of benzene rings is 1. The summed E-state index contributed by atoms with van der Waals surface area (Å²) >= 11 is 0. The molecule has 9 heteroatoms. The van der Waals surface area contributed by atoms with Gasteiger partial charge in [0.15, 0.2) is 11.2 Å². The van der Waals surface area contributed by atoms with Crippen molar-refractivity contribution in [2.45, 2.75) is 6.54 Å². The third-order valence-corrected chi connectivity index (χ3v) is 3.93. The topological polar surface area (TPSA) is 111 Å². The van der Waals surface area contributed by atoms with E-state index < -0.39 is 17.2 Å². The van der Waals surface area contributed by atoms with Crippen molar-refractivity contribution in [1.29, 1.82) is 0 Å². The second-order valence-corrected chi connectivity index (χ2v) is 5.63. The van der Waals surface area contributed by atoms with Crippen LogP contribution in [0.1, 0.15) is 5.56 Å². The molecule has 2 N–H and O–H groups in total. The Kier molecular flexibility index (Phi) is 4.14. The maximum atomic E-state index is 12.6. The molecule has 25 heavy (non-hydrogen) atoms. The van der Waals surface area contributed by atoms with Gasteiger partial charge in [0, 0.05) is 14.1 Å². The van der Waals surface area contributed by atoms with Crippen LogP contribution in [0.5, 0.6) is 0 Å². The number of aromatic nitrogens is 4. The lowest BCUT2D eigenvalue weighted by atomic mass is 10.2. The highest BCUT2D eigenvalue weighted by atomic mass is 16.4. The first-order valence-corrected chi connectivity index (χ1v) is 7.56. The first kappa shape index (κ1) is 16.5. The number of aliphatic carboxylic acids is 1. The van der Waals surface area contributed by atoms with E-state index in [0.717, 1.165) is 10.1 Å². The number of hydrogen-bond acceptors (Lipinski definition) is 5. The van der Waals surface area contributed by atoms with Crippen LogP contribution in [0.15, 0.2) is 39.9 Å². The minimum Gasteiger partial charge on any atom is -0.480 e. The summed E-state index contributed by atoms with van der Waals surface area (Å²) in [6.07, 6.45) is 0. The SMILES string of the molecule is Cn1c(=O)c2c(nc(NCC(=O)O)n2Cc2ccccc2)n(C)c1=O. The predicted molar refractivity (Wildman–Crippen MR) is 91.9 cm³/mol. The van der Waals surface area contributed by atoms with Crippen molar-refractivity contribution in [2.75, 3.05) is 11.9 Å². The summed E-state index contributed by atoms with van der Waals surface area (Å²) in [6, 6.07) is 9.39. The van der Waals surface area contributed by atoms with E-state index in [0.29, 0.717) is 6.54 Å². The van der Waals surface area contributed by atoms with Gasteiger partial charge in [-0.2, -0.15) is 4.98 Å². The highest BCUT2D eigenvalue weighted by Gasteiger charge is 2.19. The Morgan fingerprint density at radius 3 is 2.48 bits per heavy atom. The van der Waals surface area contributed by atoms with Gasteiger partial charge in [0.05, 0.1) is 6.54 Å². The monoisotopic (exact) mass is 343 g/mol. The van der Waals surface area contributed by atoms with Crippen LogP contribution < -0.4 is 16.6 Å². The zero-order valence-corrected chi connectivity index (χ0v) is 13.8. The fourth-order valence-corrected chi connectivity index (χ4v) is 2.66. The van der Waals surface area contributed by atoms with Crippen LogP contribution >= 0.6 is 0 Å². The average Bonchev–Trinajstić information content (AvgIpc) is 2.95. The second kappa shape index (κ2) is 6.27. The minimum atomic E-state index is -1.06. The van der Waals surface area contributed by atoms with Gasteiger partial charge in [0.2, 0.25) is 5.95 Å². The number of hydrogen-bond donors (Lipinski definition) is 2. The molecular formula is C16H17N5O4. The predicted octanol–water partition coefficient (Wildman–Crippen LogP) is -0.0215. The third-order valence-electron chi connectivity index (χ3n) is 3.93. The van der Waals surface area contributed by atoms with Gasteiger partial charge in [-0.1, -0.05) is 30.3 Å². The van der Waals surface area contributed by atoms with Crippen molar-refractivity contribution in [3.63, 3.8) is 0 Å². The number of imidazole rings is 1. The van der Waals surface area contributed by atoms with Crippen LogP contribution in [0.2, 0.25) is 0 Å². The van der Waals surface area contributed by atoms with Crippen LogP contribution in [0.3, 0.4) is 0 Å². The Hall–Kier alpha value is -3.36. The van der Waals surface area contributed by atoms with E-state index in [-0.39, 0.29) is 23.7 Å². The molecule has 0 aliphatic heterocycles. The number of nitrogens with zero attached hydrogens (tertiary/aromatic N) is 4. The zero-order chi connectivity index (χ0) is 18.1. The van der Waals surface area contributed by atoms with Gasteiger partial charge in [0.1, 0.15) is 6.54 Å². The normalized spacial score (nSPS) is 11.0. The van der Waals surface area contributed by atoms with Crippen molar-refractivity contribution in [2.24, 2.45) is 14.1 Å². The van der Waals surface area contributed by atoms with Crippen molar-refractivity contribution in [3.05, 3.63) is 56.7 Å². The zero-order valence-electron chi connectivity index (χ0n) is 13.8. The number of aryl methyl sites for hydroxylation is 1. The van der Waals surface area contributed by atoms with Gasteiger partial charge in [-0.25, -0.2) is 4.79 Å². The number of nitrogens with one attached hydrogen (secondary N) is 1. The van der Waals surface area contributed by atoms with E-state index in [1.165, 1.54) is 18.7 Å². The van der Waals surface area contributed by atoms with Gasteiger partial charge in [0.25, 0.3) is 5.56 Å². The highest BCUT2D eigenvalue weighted by Crippen LogP contribution is 2.17. The largest absolute Gasteiger partial charge is 0.480 e. The van der Waals surface area contributed by atoms with Gasteiger partial charge in [-0.15, -0.1) is 0 Å². The minimum absolute atomic E-state index is 0.205. The number of fused-ring (bicyclic) bond motifs is 1. The molecule has 1 aromatic carbocycles. The first-order valence-electron chi connectivity index (χ1n) is 7.56. The van der Waals surface area contributed by atoms with Gasteiger partial charge < -0.3 is 10.4 Å². The number of carboxylic acids is 1. The molecule has 0 saturated carbocycles. The summed E-state index contributed by atoms with van der Waals surface area (Å²) in [7, 11) is 2.92. The fourth-order valence-electron chi connectivity index (χ4n) is 2.66. The van der Waals surface area contributed by atoms with Gasteiger partial charge in [-0.3, -0.25) is 23.3 Å². The molecular weight excluding hydrogens is 326 g/mol. The Morgan fingerprint density at radius 2 is 1.84 bits per heavy atom. The Balaban J connectivity index is 2.26. The molecule has 0 saturated heterocycles. The Bertz CT molecular complexity index is 1060. The second-order valence-electron chi connectivity index (χ2n) is 5.63. The summed E-state index contributed by atoms with van der Waals surface area (Å²) in [4.78, 5) is 39.9. The lowest BCUT2D eigenvalue weighted by Gasteiger charge is -2.10. The maximum Gasteiger partial charge on any atom is 0.332 e. The molecule has 9 nitrogen and oxygen atoms in total. The van der Waals surface area contributed by atoms with Gasteiger partial charge in [-0.05, 0) is 5.56 Å². The van der Waals surface area contributed by atoms with Crippen molar-refractivity contribution in [1.82, 2.24) is 18.7 Å². The molecule has 3 rings (SSSR count). The van der Waals surface area contributed by atoms with E-state index in [1.807, 2.05) is 30.3 Å². The van der Waals surface area contributed by atoms with Gasteiger partial charge >= 0.3 is 11.7 Å². The molecule has 0 radical (unpaired) electrons. The summed E-state index contributed by atoms with van der Waals surface area (Å²) in [5, 5.41) is 11.6. The van der Waals surface area contributed by atoms with Crippen LogP contribution in [0.4, 0.5) is 5.95 Å². The molecule has 0 amide bonds. The van der Waals surface area contributed by atoms with Crippen LogP contribution in [-0.2, 0) is 25.4 Å². The summed E-state index contributed by atoms with van der Waals surface area (Å²) in [5.74, 6) is -0.834. The van der Waals surface area contributed by atoms with Crippen molar-refractivity contribution >= 4 is 23.1 Å². The summed E-state index contributed by atoms with van der Waals surface area (Å²) < 4.78 is 3.87. The first-order chi connectivity index (χ1) is 11.9. The maximum absolute atomic E-state index is 12.6. The molecule has 2 heterocycles. The molecule has 0 aliphatic rings. The van der Waals surface area contributed by atoms with Crippen LogP contribution in [0, 0.1) is 0 Å². The van der Waals surface area contributed by atoms with E-state index in [1.54, 1.807) is 4.57 Å². The Labute approximate surface area is 141 Å². The molecule has 130 valence electrons. The van der Waals surface area contributed by atoms with E-state index >= 15 is 0 Å². The van der Waals surface area contributed by atoms with E-state index in [4.69, 9.17) is 5.11 Å². The number of carboxylic acid groups (broad SMARTS) is 1.